The Kier molecular flexibility index (Phi) is 4.55. The Hall–Kier alpha value is -6.26. The van der Waals surface area contributed by atoms with Crippen LogP contribution in [0.4, 0.5) is 0 Å². The molecule has 2 aliphatic heterocycles. The number of nitrogens with zero attached hydrogens (tertiary/aromatic N) is 2. The largest absolute Gasteiger partial charge is 0.354 e. The van der Waals surface area contributed by atoms with Gasteiger partial charge in [0.2, 0.25) is 0 Å². The van der Waals surface area contributed by atoms with E-state index in [9.17, 15) is 0 Å². The third-order valence-electron chi connectivity index (χ3n) is 9.84. The summed E-state index contributed by atoms with van der Waals surface area (Å²) >= 11 is 0. The fourth-order valence-electron chi connectivity index (χ4n) is 7.88. The molecule has 1 aliphatic carbocycles. The quantitative estimate of drug-likeness (QED) is 0.186. The van der Waals surface area contributed by atoms with Gasteiger partial charge in [-0.15, -0.1) is 0 Å². The van der Waals surface area contributed by atoms with Crippen LogP contribution in [-0.2, 0) is 0 Å². The average Bonchev–Trinajstić information content (AvgIpc) is 3.88. The van der Waals surface area contributed by atoms with Crippen LogP contribution in [0.3, 0.4) is 0 Å². The summed E-state index contributed by atoms with van der Waals surface area (Å²) in [5.41, 5.74) is 10.3. The van der Waals surface area contributed by atoms with Crippen LogP contribution in [0, 0.1) is 10.4 Å². The maximum Gasteiger partial charge on any atom is 0.0743 e. The van der Waals surface area contributed by atoms with E-state index in [1.54, 1.807) is 0 Å². The first-order valence-corrected chi connectivity index (χ1v) is 15.7. The maximum atomic E-state index is 5.40. The van der Waals surface area contributed by atoms with Crippen LogP contribution in [0.25, 0.3) is 98.7 Å². The van der Waals surface area contributed by atoms with Gasteiger partial charge in [-0.05, 0) is 45.8 Å². The number of hydrogen-bond donors (Lipinski definition) is 2. The van der Waals surface area contributed by atoms with Crippen LogP contribution in [0.1, 0.15) is 0 Å². The van der Waals surface area contributed by atoms with E-state index in [-0.39, 0.29) is 0 Å². The molecule has 46 heavy (non-hydrogen) atoms. The number of nitrogens with one attached hydrogen (secondary N) is 2. The van der Waals surface area contributed by atoms with E-state index in [0.717, 1.165) is 77.2 Å². The van der Waals surface area contributed by atoms with E-state index in [1.807, 2.05) is 0 Å². The van der Waals surface area contributed by atoms with E-state index < -0.39 is 0 Å². The van der Waals surface area contributed by atoms with Gasteiger partial charge < -0.3 is 9.97 Å². The van der Waals surface area contributed by atoms with Crippen LogP contribution >= 0.6 is 0 Å². The standard InChI is InChI=1S/C42H24N4/c1-2-12-25-24(11-1)32-19-34-26-13-3-5-15-28(26)36(44-34)21-38-41-30-17-7-9-23-10-8-18-31(40(23)30)42(41)39(46-38)22-37-29-16-6-4-14-27(29)35(45-37)20-33(25)43-32/h1-22,44-45H. The molecule has 0 amide bonds. The first-order chi connectivity index (χ1) is 22.8. The molecule has 5 heterocycles. The van der Waals surface area contributed by atoms with Gasteiger partial charge in [-0.2, -0.15) is 0 Å². The van der Waals surface area contributed by atoms with Gasteiger partial charge in [0.05, 0.1) is 22.4 Å². The van der Waals surface area contributed by atoms with Gasteiger partial charge >= 0.3 is 0 Å². The van der Waals surface area contributed by atoms with Crippen molar-refractivity contribution in [2.24, 2.45) is 0 Å². The van der Waals surface area contributed by atoms with Crippen molar-refractivity contribution >= 4 is 76.2 Å². The number of benzene rings is 5. The van der Waals surface area contributed by atoms with Crippen molar-refractivity contribution in [2.45, 2.75) is 0 Å². The molecular formula is C42H24N4. The zero-order valence-electron chi connectivity index (χ0n) is 24.6. The lowest BCUT2D eigenvalue weighted by Crippen LogP contribution is -1.75. The molecule has 4 heteroatoms. The summed E-state index contributed by atoms with van der Waals surface area (Å²) in [6.45, 7) is 0. The molecule has 0 saturated carbocycles. The smallest absolute Gasteiger partial charge is 0.0743 e. The average molecular weight is 585 g/mol. The van der Waals surface area contributed by atoms with Gasteiger partial charge in [-0.3, -0.25) is 0 Å². The molecule has 0 unspecified atom stereocenters. The highest BCUT2D eigenvalue weighted by molar-refractivity contribution is 6.16. The minimum absolute atomic E-state index is 0.951. The van der Waals surface area contributed by atoms with Gasteiger partial charge in [0, 0.05) is 65.2 Å². The summed E-state index contributed by atoms with van der Waals surface area (Å²) in [7, 11) is 0. The molecule has 0 spiro atoms. The van der Waals surface area contributed by atoms with Gasteiger partial charge in [0.15, 0.2) is 0 Å². The number of aromatic nitrogens is 4. The molecule has 2 N–H and O–H groups in total. The van der Waals surface area contributed by atoms with E-state index in [4.69, 9.17) is 9.97 Å². The summed E-state index contributed by atoms with van der Waals surface area (Å²) in [4.78, 5) is 18.2. The van der Waals surface area contributed by atoms with Crippen molar-refractivity contribution in [1.29, 1.82) is 0 Å². The van der Waals surface area contributed by atoms with Crippen molar-refractivity contribution in [3.8, 4) is 22.5 Å². The predicted molar refractivity (Wildman–Crippen MR) is 191 cm³/mol. The first kappa shape index (κ1) is 24.1. The van der Waals surface area contributed by atoms with Crippen molar-refractivity contribution in [1.82, 2.24) is 19.9 Å². The van der Waals surface area contributed by atoms with Gasteiger partial charge in [0.1, 0.15) is 0 Å². The Labute approximate surface area is 262 Å². The molecular weight excluding hydrogens is 560 g/mol. The normalized spacial score (nSPS) is 12.3. The number of hydrogen-bond acceptors (Lipinski definition) is 2. The Morgan fingerprint density at radius 3 is 1.26 bits per heavy atom. The molecule has 8 aromatic rings. The first-order valence-electron chi connectivity index (χ1n) is 15.7. The summed E-state index contributed by atoms with van der Waals surface area (Å²) in [5.74, 6) is 0. The second kappa shape index (κ2) is 8.68. The maximum absolute atomic E-state index is 5.40. The minimum Gasteiger partial charge on any atom is -0.354 e. The lowest BCUT2D eigenvalue weighted by Gasteiger charge is -1.98. The number of H-pyrrole nitrogens is 2. The molecule has 3 aliphatic rings. The topological polar surface area (TPSA) is 57.4 Å². The summed E-state index contributed by atoms with van der Waals surface area (Å²) in [6, 6.07) is 47.8. The Bertz CT molecular complexity index is 2890. The molecule has 8 bridgehead atoms. The second-order valence-electron chi connectivity index (χ2n) is 12.3. The third kappa shape index (κ3) is 3.17. The lowest BCUT2D eigenvalue weighted by atomic mass is 10.0. The molecule has 3 aromatic heterocycles. The Balaban J connectivity index is 1.43. The number of rotatable bonds is 0. The fourth-order valence-corrected chi connectivity index (χ4v) is 7.88. The van der Waals surface area contributed by atoms with E-state index in [1.165, 1.54) is 32.0 Å². The molecule has 0 fully saturated rings. The van der Waals surface area contributed by atoms with Gasteiger partial charge in [-0.25, -0.2) is 9.97 Å². The van der Waals surface area contributed by atoms with Crippen LogP contribution < -0.4 is 0 Å². The van der Waals surface area contributed by atoms with Crippen LogP contribution in [-0.4, -0.2) is 19.9 Å². The highest BCUT2D eigenvalue weighted by atomic mass is 14.8. The number of aromatic amines is 2. The molecule has 0 atom stereocenters. The minimum atomic E-state index is 0.951. The van der Waals surface area contributed by atoms with E-state index in [0.29, 0.717) is 0 Å². The summed E-state index contributed by atoms with van der Waals surface area (Å²) in [5, 5.41) is 12.1. The molecule has 212 valence electrons. The molecule has 0 radical (unpaired) electrons. The summed E-state index contributed by atoms with van der Waals surface area (Å²) < 4.78 is 0. The van der Waals surface area contributed by atoms with Crippen LogP contribution in [0.2, 0.25) is 0 Å². The van der Waals surface area contributed by atoms with Crippen molar-refractivity contribution in [2.75, 3.05) is 0 Å². The molecule has 11 rings (SSSR count). The Morgan fingerprint density at radius 1 is 0.370 bits per heavy atom. The van der Waals surface area contributed by atoms with E-state index in [2.05, 4.69) is 143 Å². The predicted octanol–water partition coefficient (Wildman–Crippen LogP) is 10.7. The second-order valence-corrected chi connectivity index (χ2v) is 12.3. The summed E-state index contributed by atoms with van der Waals surface area (Å²) in [6.07, 6.45) is 0. The van der Waals surface area contributed by atoms with Crippen LogP contribution in [0.5, 0.6) is 0 Å². The van der Waals surface area contributed by atoms with Crippen molar-refractivity contribution in [3.63, 3.8) is 0 Å². The molecule has 5 aromatic carbocycles. The SMILES string of the molecule is c1ccc2c(c1)-c1cc3[nH]c(cc4nc(cc5[nH]c(cc-2n1)c1ccccc51)c1c2cccc5cccc(c4=1)c52)c1ccccc31. The highest BCUT2D eigenvalue weighted by Crippen LogP contribution is 2.39. The lowest BCUT2D eigenvalue weighted by molar-refractivity contribution is 1.41. The zero-order valence-corrected chi connectivity index (χ0v) is 24.6. The van der Waals surface area contributed by atoms with Gasteiger partial charge in [0.25, 0.3) is 0 Å². The molecule has 0 saturated heterocycles. The van der Waals surface area contributed by atoms with Crippen molar-refractivity contribution < 1.29 is 0 Å². The van der Waals surface area contributed by atoms with Crippen molar-refractivity contribution in [3.05, 3.63) is 144 Å². The fraction of sp³-hybridized carbons (Fsp3) is 0. The molecule has 4 nitrogen and oxygen atoms in total. The third-order valence-corrected chi connectivity index (χ3v) is 9.84. The van der Waals surface area contributed by atoms with Gasteiger partial charge in [-0.1, -0.05) is 109 Å². The van der Waals surface area contributed by atoms with E-state index >= 15 is 0 Å². The number of fused-ring (bicyclic) bond motifs is 21. The zero-order chi connectivity index (χ0) is 29.9. The monoisotopic (exact) mass is 584 g/mol. The van der Waals surface area contributed by atoms with Crippen LogP contribution in [0.15, 0.2) is 133 Å². The Morgan fingerprint density at radius 2 is 0.783 bits per heavy atom. The highest BCUT2D eigenvalue weighted by Gasteiger charge is 2.18.